The number of hydrogen-bond donors (Lipinski definition) is 1. The molecule has 7 nitrogen and oxygen atoms in total. The first-order valence-electron chi connectivity index (χ1n) is 7.27. The summed E-state index contributed by atoms with van der Waals surface area (Å²) < 4.78 is 102. The summed E-state index contributed by atoms with van der Waals surface area (Å²) >= 11 is 0. The molecule has 0 unspecified atom stereocenters. The molecule has 2 heterocycles. The van der Waals surface area contributed by atoms with Crippen molar-refractivity contribution in [2.45, 2.75) is 30.3 Å². The molecule has 0 amide bonds. The van der Waals surface area contributed by atoms with Crippen molar-refractivity contribution in [1.29, 1.82) is 0 Å². The van der Waals surface area contributed by atoms with E-state index in [0.29, 0.717) is 12.1 Å². The molecule has 0 atom stereocenters. The van der Waals surface area contributed by atoms with E-state index in [4.69, 9.17) is 5.14 Å². The van der Waals surface area contributed by atoms with E-state index in [1.807, 2.05) is 0 Å². The number of nitrogens with zero attached hydrogens (tertiary/aromatic N) is 4. The predicted octanol–water partition coefficient (Wildman–Crippen LogP) is 1.98. The first-order chi connectivity index (χ1) is 12.3. The molecule has 3 rings (SSSR count). The van der Waals surface area contributed by atoms with Crippen LogP contribution in [0.5, 0.6) is 0 Å². The van der Waals surface area contributed by atoms with E-state index in [1.54, 1.807) is 0 Å². The third-order valence-corrected chi connectivity index (χ3v) is 4.92. The molecule has 1 aliphatic heterocycles. The molecule has 1 aliphatic rings. The van der Waals surface area contributed by atoms with Gasteiger partial charge < -0.3 is 9.47 Å². The van der Waals surface area contributed by atoms with Gasteiger partial charge in [-0.05, 0) is 18.2 Å². The summed E-state index contributed by atoms with van der Waals surface area (Å²) in [4.78, 5) is 0.255. The Balaban J connectivity index is 1.98. The molecule has 27 heavy (non-hydrogen) atoms. The Labute approximate surface area is 148 Å². The number of rotatable bonds is 2. The fourth-order valence-corrected chi connectivity index (χ4v) is 3.51. The van der Waals surface area contributed by atoms with Gasteiger partial charge in [-0.15, -0.1) is 10.2 Å². The topological polar surface area (TPSA) is 94.1 Å². The van der Waals surface area contributed by atoms with Gasteiger partial charge in [-0.3, -0.25) is 0 Å². The van der Waals surface area contributed by atoms with Crippen LogP contribution in [-0.2, 0) is 35.5 Å². The van der Waals surface area contributed by atoms with E-state index in [-0.39, 0.29) is 31.1 Å². The van der Waals surface area contributed by atoms with Crippen LogP contribution >= 0.6 is 0 Å². The first kappa shape index (κ1) is 19.4. The molecule has 0 aliphatic carbocycles. The number of primary sulfonamides is 1. The maximum absolute atomic E-state index is 13.2. The maximum Gasteiger partial charge on any atom is 0.451 e. The monoisotopic (exact) mass is 415 g/mol. The molecule has 0 bridgehead atoms. The number of benzene rings is 1. The van der Waals surface area contributed by atoms with E-state index in [2.05, 4.69) is 10.2 Å². The first-order valence-corrected chi connectivity index (χ1v) is 8.81. The second-order valence-electron chi connectivity index (χ2n) is 5.73. The van der Waals surface area contributed by atoms with Crippen molar-refractivity contribution in [3.63, 3.8) is 0 Å². The van der Waals surface area contributed by atoms with Crippen LogP contribution in [0.25, 0.3) is 0 Å². The maximum atomic E-state index is 13.2. The highest BCUT2D eigenvalue weighted by Gasteiger charge is 2.40. The van der Waals surface area contributed by atoms with Crippen LogP contribution in [0.1, 0.15) is 17.2 Å². The Kier molecular flexibility index (Phi) is 4.38. The van der Waals surface area contributed by atoms with Gasteiger partial charge in [0.15, 0.2) is 5.82 Å². The van der Waals surface area contributed by atoms with Crippen LogP contribution < -0.4 is 10.0 Å². The Morgan fingerprint density at radius 1 is 1.00 bits per heavy atom. The van der Waals surface area contributed by atoms with Crippen LogP contribution in [0.3, 0.4) is 0 Å². The minimum absolute atomic E-state index is 0.0301. The SMILES string of the molecule is NS(=O)(=O)c1ccc(N2CCn3c(nnc3C(F)(F)F)C2)cc1C(F)(F)F. The van der Waals surface area contributed by atoms with Crippen LogP contribution in [0.2, 0.25) is 0 Å². The predicted molar refractivity (Wildman–Crippen MR) is 78.9 cm³/mol. The second kappa shape index (κ2) is 6.09. The van der Waals surface area contributed by atoms with Crippen molar-refractivity contribution in [3.05, 3.63) is 35.4 Å². The lowest BCUT2D eigenvalue weighted by Gasteiger charge is -2.30. The average Bonchev–Trinajstić information content (AvgIpc) is 2.95. The summed E-state index contributed by atoms with van der Waals surface area (Å²) in [6.07, 6.45) is -9.69. The molecule has 148 valence electrons. The molecule has 0 radical (unpaired) electrons. The molecule has 14 heteroatoms. The molecule has 0 fully saturated rings. The zero-order valence-corrected chi connectivity index (χ0v) is 14.0. The van der Waals surface area contributed by atoms with Crippen molar-refractivity contribution in [2.75, 3.05) is 11.4 Å². The average molecular weight is 415 g/mol. The highest BCUT2D eigenvalue weighted by molar-refractivity contribution is 7.89. The van der Waals surface area contributed by atoms with Crippen LogP contribution in [0, 0.1) is 0 Å². The van der Waals surface area contributed by atoms with Gasteiger partial charge in [0.25, 0.3) is 0 Å². The fourth-order valence-electron chi connectivity index (χ4n) is 2.77. The number of hydrogen-bond acceptors (Lipinski definition) is 5. The zero-order valence-electron chi connectivity index (χ0n) is 13.2. The summed E-state index contributed by atoms with van der Waals surface area (Å²) in [6.45, 7) is -0.481. The largest absolute Gasteiger partial charge is 0.451 e. The van der Waals surface area contributed by atoms with Gasteiger partial charge in [0, 0.05) is 18.8 Å². The van der Waals surface area contributed by atoms with Gasteiger partial charge in [-0.1, -0.05) is 0 Å². The summed E-state index contributed by atoms with van der Waals surface area (Å²) in [7, 11) is -4.62. The Hall–Kier alpha value is -2.35. The van der Waals surface area contributed by atoms with Crippen molar-refractivity contribution >= 4 is 15.7 Å². The van der Waals surface area contributed by atoms with Gasteiger partial charge >= 0.3 is 12.4 Å². The Morgan fingerprint density at radius 2 is 1.67 bits per heavy atom. The van der Waals surface area contributed by atoms with E-state index in [1.165, 1.54) is 4.90 Å². The number of aromatic nitrogens is 3. The Morgan fingerprint density at radius 3 is 2.22 bits per heavy atom. The van der Waals surface area contributed by atoms with E-state index in [0.717, 1.165) is 10.6 Å². The van der Waals surface area contributed by atoms with E-state index < -0.39 is 38.7 Å². The van der Waals surface area contributed by atoms with Gasteiger partial charge in [0.05, 0.1) is 17.0 Å². The summed E-state index contributed by atoms with van der Waals surface area (Å²) in [5.41, 5.74) is -1.48. The number of nitrogens with two attached hydrogens (primary N) is 1. The van der Waals surface area contributed by atoms with Crippen LogP contribution in [0.15, 0.2) is 23.1 Å². The van der Waals surface area contributed by atoms with E-state index in [9.17, 15) is 34.8 Å². The molecule has 2 N–H and O–H groups in total. The molecule has 2 aromatic rings. The zero-order chi connectivity index (χ0) is 20.2. The standard InChI is InChI=1S/C13H11F6N5O2S/c14-12(15,16)8-5-7(1-2-9(8)27(20,25)26)23-3-4-24-10(6-23)21-22-11(24)13(17,18)19/h1-2,5H,3-4,6H2,(H2,20,25,26). The summed E-state index contributed by atoms with van der Waals surface area (Å²) in [6, 6.07) is 2.41. The van der Waals surface area contributed by atoms with Crippen LogP contribution in [0.4, 0.5) is 32.0 Å². The van der Waals surface area contributed by atoms with Gasteiger partial charge in [-0.25, -0.2) is 13.6 Å². The van der Waals surface area contributed by atoms with Crippen molar-refractivity contribution in [1.82, 2.24) is 14.8 Å². The quantitative estimate of drug-likeness (QED) is 0.758. The lowest BCUT2D eigenvalue weighted by Crippen LogP contribution is -2.35. The van der Waals surface area contributed by atoms with E-state index >= 15 is 0 Å². The molecule has 0 saturated heterocycles. The van der Waals surface area contributed by atoms with Gasteiger partial charge in [0.1, 0.15) is 0 Å². The molecule has 0 saturated carbocycles. The number of sulfonamides is 1. The third kappa shape index (κ3) is 3.71. The minimum atomic E-state index is -4.99. The molecular formula is C13H11F6N5O2S. The molecule has 0 spiro atoms. The number of halogens is 6. The highest BCUT2D eigenvalue weighted by atomic mass is 32.2. The second-order valence-corrected chi connectivity index (χ2v) is 7.26. The number of fused-ring (bicyclic) bond motifs is 1. The van der Waals surface area contributed by atoms with Gasteiger partial charge in [0.2, 0.25) is 15.8 Å². The molecule has 1 aromatic heterocycles. The summed E-state index contributed by atoms with van der Waals surface area (Å²) in [5.74, 6) is -1.25. The fraction of sp³-hybridized carbons (Fsp3) is 0.385. The third-order valence-electron chi connectivity index (χ3n) is 3.95. The minimum Gasteiger partial charge on any atom is -0.362 e. The smallest absolute Gasteiger partial charge is 0.362 e. The lowest BCUT2D eigenvalue weighted by atomic mass is 10.1. The highest BCUT2D eigenvalue weighted by Crippen LogP contribution is 2.37. The van der Waals surface area contributed by atoms with Crippen molar-refractivity contribution in [3.8, 4) is 0 Å². The van der Waals surface area contributed by atoms with Crippen LogP contribution in [-0.4, -0.2) is 29.7 Å². The lowest BCUT2D eigenvalue weighted by molar-refractivity contribution is -0.147. The number of alkyl halides is 6. The van der Waals surface area contributed by atoms with Crippen molar-refractivity contribution < 1.29 is 34.8 Å². The number of anilines is 1. The summed E-state index contributed by atoms with van der Waals surface area (Å²) in [5, 5.41) is 11.3. The van der Waals surface area contributed by atoms with Crippen molar-refractivity contribution in [2.24, 2.45) is 5.14 Å². The normalized spacial score (nSPS) is 15.7. The molecular weight excluding hydrogens is 404 g/mol. The molecule has 1 aromatic carbocycles. The Bertz CT molecular complexity index is 982. The van der Waals surface area contributed by atoms with Gasteiger partial charge in [-0.2, -0.15) is 26.3 Å².